The number of allylic oxidation sites excluding steroid dienone is 1. The minimum Gasteiger partial charge on any atom is -0.457 e. The monoisotopic (exact) mass is 705 g/mol. The fourth-order valence-corrected chi connectivity index (χ4v) is 9.10. The van der Waals surface area contributed by atoms with Crippen LogP contribution in [0.2, 0.25) is 36.3 Å². The van der Waals surface area contributed by atoms with E-state index < -0.39 is 34.3 Å². The van der Waals surface area contributed by atoms with Crippen molar-refractivity contribution in [2.24, 2.45) is 17.3 Å². The second-order valence-corrected chi connectivity index (χ2v) is 28.1. The zero-order valence-electron chi connectivity index (χ0n) is 32.6. The van der Waals surface area contributed by atoms with Gasteiger partial charge in [0.2, 0.25) is 0 Å². The molecule has 268 valence electrons. The molecular weight excluding hydrogens is 639 g/mol. The smallest absolute Gasteiger partial charge is 0.309 e. The van der Waals surface area contributed by atoms with Crippen molar-refractivity contribution in [2.45, 2.75) is 170 Å². The molecule has 2 rings (SSSR count). The largest absolute Gasteiger partial charge is 0.457 e. The zero-order valence-corrected chi connectivity index (χ0v) is 35.4. The van der Waals surface area contributed by atoms with E-state index in [0.29, 0.717) is 6.42 Å². The normalized spacial score (nSPS) is 27.4. The van der Waals surface area contributed by atoms with Gasteiger partial charge in [-0.1, -0.05) is 81.4 Å². The number of hydrogen-bond donors (Lipinski definition) is 0. The predicted molar refractivity (Wildman–Crippen MR) is 204 cm³/mol. The Morgan fingerprint density at radius 3 is 2.11 bits per heavy atom. The molecule has 2 heterocycles. The van der Waals surface area contributed by atoms with Crippen LogP contribution in [-0.4, -0.2) is 51.7 Å². The summed E-state index contributed by atoms with van der Waals surface area (Å²) in [6.07, 6.45) is 8.53. The first kappa shape index (κ1) is 41.8. The van der Waals surface area contributed by atoms with Crippen LogP contribution in [-0.2, 0) is 23.2 Å². The topological polar surface area (TPSA) is 74.7 Å². The summed E-state index contributed by atoms with van der Waals surface area (Å²) in [5.41, 5.74) is 0.873. The predicted octanol–water partition coefficient (Wildman–Crippen LogP) is 10.9. The lowest BCUT2D eigenvalue weighted by molar-refractivity contribution is -0.153. The van der Waals surface area contributed by atoms with Gasteiger partial charge >= 0.3 is 5.97 Å². The van der Waals surface area contributed by atoms with Crippen LogP contribution in [0.25, 0.3) is 6.08 Å². The first-order valence-corrected chi connectivity index (χ1v) is 24.3. The molecule has 0 radical (unpaired) electrons. The van der Waals surface area contributed by atoms with Crippen LogP contribution in [0.15, 0.2) is 23.1 Å². The van der Waals surface area contributed by atoms with E-state index in [-0.39, 0.29) is 46.2 Å². The summed E-state index contributed by atoms with van der Waals surface area (Å²) in [5, 5.41) is 2.94. The summed E-state index contributed by atoms with van der Waals surface area (Å²) in [6, 6.07) is 0. The highest BCUT2D eigenvalue weighted by Gasteiger charge is 2.50. The number of thiazole rings is 1. The molecule has 1 aromatic heterocycles. The Morgan fingerprint density at radius 2 is 1.57 bits per heavy atom. The maximum atomic E-state index is 14.8. The fraction of sp³-hybridized carbons (Fsp3) is 0.763. The molecule has 9 heteroatoms. The molecule has 0 N–H and O–H groups in total. The average molecular weight is 706 g/mol. The second-order valence-electron chi connectivity index (χ2n) is 17.6. The minimum absolute atomic E-state index is 0.00455. The Kier molecular flexibility index (Phi) is 14.3. The third kappa shape index (κ3) is 11.3. The third-order valence-corrected chi connectivity index (χ3v) is 20.8. The van der Waals surface area contributed by atoms with Crippen LogP contribution in [0.4, 0.5) is 0 Å². The summed E-state index contributed by atoms with van der Waals surface area (Å²) in [5.74, 6) is -0.427. The maximum absolute atomic E-state index is 14.8. The van der Waals surface area contributed by atoms with Gasteiger partial charge in [0, 0.05) is 23.1 Å². The number of carbonyl (C=O) groups excluding carboxylic acids is 2. The van der Waals surface area contributed by atoms with Crippen molar-refractivity contribution in [3.63, 3.8) is 0 Å². The van der Waals surface area contributed by atoms with E-state index in [2.05, 4.69) is 91.8 Å². The van der Waals surface area contributed by atoms with Crippen LogP contribution in [0.1, 0.15) is 119 Å². The first-order valence-electron chi connectivity index (χ1n) is 17.6. The van der Waals surface area contributed by atoms with Gasteiger partial charge in [-0.2, -0.15) is 0 Å². The van der Waals surface area contributed by atoms with Gasteiger partial charge in [-0.15, -0.1) is 11.3 Å². The van der Waals surface area contributed by atoms with E-state index in [4.69, 9.17) is 13.6 Å². The van der Waals surface area contributed by atoms with Gasteiger partial charge in [-0.05, 0) is 86.9 Å². The lowest BCUT2D eigenvalue weighted by Gasteiger charge is -2.46. The highest BCUT2D eigenvalue weighted by Crippen LogP contribution is 2.44. The summed E-state index contributed by atoms with van der Waals surface area (Å²) in [4.78, 5) is 33.3. The molecule has 0 aliphatic carbocycles. The summed E-state index contributed by atoms with van der Waals surface area (Å²) in [7, 11) is -4.57. The summed E-state index contributed by atoms with van der Waals surface area (Å²) >= 11 is 1.60. The Morgan fingerprint density at radius 1 is 1.00 bits per heavy atom. The summed E-state index contributed by atoms with van der Waals surface area (Å²) < 4.78 is 20.4. The van der Waals surface area contributed by atoms with Gasteiger partial charge in [0.25, 0.3) is 0 Å². The van der Waals surface area contributed by atoms with Gasteiger partial charge in [-0.3, -0.25) is 9.59 Å². The fourth-order valence-electron chi connectivity index (χ4n) is 5.62. The molecule has 47 heavy (non-hydrogen) atoms. The SMILES string of the molecule is C/C(=C/c1csc(C)n1)[C@@H]1C/C=C\CCC[C@H](C)C(O[Si](C)(C)C(C)(C)C)[C@@H](C)C(=O)C(C)(C)[C@H](O[Si](C)(C)C(C)(C)C)CC(=O)O1. The Hall–Kier alpha value is -1.40. The molecule has 0 aromatic carbocycles. The number of aryl methyl sites for hydroxylation is 1. The Labute approximate surface area is 293 Å². The number of nitrogens with zero attached hydrogens (tertiary/aromatic N) is 1. The van der Waals surface area contributed by atoms with Crippen molar-refractivity contribution in [2.75, 3.05) is 0 Å². The molecule has 5 atom stereocenters. The minimum atomic E-state index is -2.38. The molecule has 1 aliphatic rings. The van der Waals surface area contributed by atoms with Crippen molar-refractivity contribution in [1.82, 2.24) is 4.98 Å². The number of ketones is 1. The van der Waals surface area contributed by atoms with Crippen molar-refractivity contribution < 1.29 is 23.2 Å². The molecule has 1 aromatic rings. The van der Waals surface area contributed by atoms with Crippen LogP contribution < -0.4 is 0 Å². The highest BCUT2D eigenvalue weighted by molar-refractivity contribution is 7.09. The third-order valence-electron chi connectivity index (χ3n) is 11.1. The highest BCUT2D eigenvalue weighted by atomic mass is 32.1. The molecule has 0 fully saturated rings. The van der Waals surface area contributed by atoms with E-state index in [0.717, 1.165) is 35.5 Å². The van der Waals surface area contributed by atoms with E-state index in [1.54, 1.807) is 11.3 Å². The number of hydrogen-bond acceptors (Lipinski definition) is 7. The van der Waals surface area contributed by atoms with Gasteiger partial charge in [0.05, 0.1) is 29.3 Å². The number of rotatable bonds is 6. The lowest BCUT2D eigenvalue weighted by Crippen LogP contribution is -2.54. The van der Waals surface area contributed by atoms with Crippen LogP contribution >= 0.6 is 11.3 Å². The second kappa shape index (κ2) is 16.1. The van der Waals surface area contributed by atoms with Crippen LogP contribution in [0.5, 0.6) is 0 Å². The van der Waals surface area contributed by atoms with Crippen LogP contribution in [0, 0.1) is 24.2 Å². The Bertz CT molecular complexity index is 1270. The molecule has 0 amide bonds. The lowest BCUT2D eigenvalue weighted by atomic mass is 9.73. The zero-order chi connectivity index (χ0) is 36.2. The summed E-state index contributed by atoms with van der Waals surface area (Å²) in [6.45, 7) is 34.4. The molecular formula is C38H67NO5SSi2. The van der Waals surface area contributed by atoms with Gasteiger partial charge in [0.1, 0.15) is 11.9 Å². The quantitative estimate of drug-likeness (QED) is 0.167. The Balaban J connectivity index is 2.62. The maximum Gasteiger partial charge on any atom is 0.309 e. The van der Waals surface area contributed by atoms with Gasteiger partial charge in [0.15, 0.2) is 16.6 Å². The standard InChI is InChI=1S/C38H67NO5SSi2/c1-26-21-19-17-18-20-22-31(27(2)23-30-25-45-29(4)39-30)42-33(40)24-32(43-46(13,14)36(5,6)7)38(11,12)35(41)28(3)34(26)44-47(15,16)37(8,9)10/h18,20,23,25-26,28,31-32,34H,17,19,21-22,24H2,1-16H3/b20-18-,27-23-/t26-,28+,31-,32+,34?/m0/s1. The number of Topliss-reactive ketones (excluding diaryl/α,β-unsaturated/α-hetero) is 1. The first-order chi connectivity index (χ1) is 21.3. The molecule has 0 spiro atoms. The molecule has 0 bridgehead atoms. The van der Waals surface area contributed by atoms with Gasteiger partial charge < -0.3 is 13.6 Å². The van der Waals surface area contributed by atoms with E-state index in [1.807, 2.05) is 46.1 Å². The van der Waals surface area contributed by atoms with E-state index in [9.17, 15) is 9.59 Å². The molecule has 0 saturated carbocycles. The van der Waals surface area contributed by atoms with Crippen molar-refractivity contribution >= 4 is 45.8 Å². The number of ether oxygens (including phenoxy) is 1. The van der Waals surface area contributed by atoms with Gasteiger partial charge in [-0.25, -0.2) is 4.98 Å². The number of cyclic esters (lactones) is 1. The van der Waals surface area contributed by atoms with Crippen molar-refractivity contribution in [3.8, 4) is 0 Å². The van der Waals surface area contributed by atoms with Crippen molar-refractivity contribution in [3.05, 3.63) is 33.8 Å². The molecule has 6 nitrogen and oxygen atoms in total. The van der Waals surface area contributed by atoms with E-state index >= 15 is 0 Å². The number of aromatic nitrogens is 1. The van der Waals surface area contributed by atoms with Crippen LogP contribution in [0.3, 0.4) is 0 Å². The van der Waals surface area contributed by atoms with E-state index in [1.165, 1.54) is 0 Å². The molecule has 1 unspecified atom stereocenters. The molecule has 0 saturated heterocycles. The van der Waals surface area contributed by atoms with Crippen molar-refractivity contribution in [1.29, 1.82) is 0 Å². The average Bonchev–Trinajstić information content (AvgIpc) is 3.33. The number of carbonyl (C=O) groups is 2. The molecule has 1 aliphatic heterocycles. The number of esters is 1.